The normalized spacial score (nSPS) is 11.5. The summed E-state index contributed by atoms with van der Waals surface area (Å²) in [5, 5.41) is 2.77. The molecule has 0 bridgehead atoms. The van der Waals surface area contributed by atoms with Crippen LogP contribution in [0.4, 0.5) is 18.9 Å². The topological polar surface area (TPSA) is 56.1 Å². The minimum atomic E-state index is -4.57. The van der Waals surface area contributed by atoms with E-state index in [4.69, 9.17) is 4.74 Å². The highest BCUT2D eigenvalue weighted by Crippen LogP contribution is 2.32. The van der Waals surface area contributed by atoms with E-state index in [0.717, 1.165) is 4.57 Å². The molecular weight excluding hydrogens is 407 g/mol. The van der Waals surface area contributed by atoms with Gasteiger partial charge in [-0.25, -0.2) is 4.98 Å². The minimum absolute atomic E-state index is 0.0181. The molecular formula is C23H18F3N3O2. The average Bonchev–Trinajstić information content (AvgIpc) is 3.14. The molecule has 0 unspecified atom stereocenters. The number of aromatic nitrogens is 2. The molecule has 0 fully saturated rings. The summed E-state index contributed by atoms with van der Waals surface area (Å²) in [5.74, 6) is -0.594. The highest BCUT2D eigenvalue weighted by molar-refractivity contribution is 6.04. The number of benzene rings is 3. The van der Waals surface area contributed by atoms with Crippen LogP contribution >= 0.6 is 0 Å². The Balaban J connectivity index is 1.54. The van der Waals surface area contributed by atoms with Crippen molar-refractivity contribution in [2.45, 2.75) is 12.7 Å². The van der Waals surface area contributed by atoms with E-state index < -0.39 is 12.0 Å². The number of imidazole rings is 1. The van der Waals surface area contributed by atoms with Crippen LogP contribution in [-0.4, -0.2) is 22.6 Å². The first-order valence-electron chi connectivity index (χ1n) is 9.42. The maximum Gasteiger partial charge on any atom is 0.449 e. The second kappa shape index (κ2) is 8.14. The molecule has 0 spiro atoms. The van der Waals surface area contributed by atoms with Gasteiger partial charge in [-0.3, -0.25) is 4.79 Å². The molecule has 0 aliphatic rings. The Kier molecular flexibility index (Phi) is 5.37. The maximum atomic E-state index is 13.5. The molecule has 1 heterocycles. The van der Waals surface area contributed by atoms with Gasteiger partial charge in [0.05, 0.1) is 18.1 Å². The van der Waals surface area contributed by atoms with Gasteiger partial charge in [-0.1, -0.05) is 24.3 Å². The first-order chi connectivity index (χ1) is 14.8. The van der Waals surface area contributed by atoms with Crippen molar-refractivity contribution in [3.05, 3.63) is 89.7 Å². The van der Waals surface area contributed by atoms with E-state index in [-0.39, 0.29) is 18.0 Å². The Labute approximate surface area is 176 Å². The van der Waals surface area contributed by atoms with Gasteiger partial charge in [0.1, 0.15) is 5.75 Å². The van der Waals surface area contributed by atoms with Gasteiger partial charge in [0.2, 0.25) is 5.82 Å². The molecule has 4 aromatic rings. The predicted molar refractivity (Wildman–Crippen MR) is 111 cm³/mol. The van der Waals surface area contributed by atoms with Crippen molar-refractivity contribution in [1.29, 1.82) is 0 Å². The van der Waals surface area contributed by atoms with Gasteiger partial charge < -0.3 is 14.6 Å². The Morgan fingerprint density at radius 3 is 2.32 bits per heavy atom. The Morgan fingerprint density at radius 2 is 1.68 bits per heavy atom. The summed E-state index contributed by atoms with van der Waals surface area (Å²) in [6.45, 7) is -0.0181. The van der Waals surface area contributed by atoms with Gasteiger partial charge in [0.25, 0.3) is 5.91 Å². The number of anilines is 1. The number of alkyl halides is 3. The number of amides is 1. The lowest BCUT2D eigenvalue weighted by molar-refractivity contribution is -0.146. The zero-order chi connectivity index (χ0) is 22.0. The smallest absolute Gasteiger partial charge is 0.449 e. The molecule has 0 saturated carbocycles. The number of hydrogen-bond acceptors (Lipinski definition) is 3. The molecule has 0 aliphatic carbocycles. The van der Waals surface area contributed by atoms with Crippen LogP contribution in [0, 0.1) is 0 Å². The molecule has 5 nitrogen and oxygen atoms in total. The van der Waals surface area contributed by atoms with E-state index in [1.165, 1.54) is 0 Å². The number of methoxy groups -OCH3 is 1. The van der Waals surface area contributed by atoms with E-state index >= 15 is 0 Å². The summed E-state index contributed by atoms with van der Waals surface area (Å²) >= 11 is 0. The van der Waals surface area contributed by atoms with Gasteiger partial charge >= 0.3 is 6.18 Å². The van der Waals surface area contributed by atoms with Crippen molar-refractivity contribution >= 4 is 22.6 Å². The number of hydrogen-bond donors (Lipinski definition) is 1. The molecule has 1 N–H and O–H groups in total. The third-order valence-corrected chi connectivity index (χ3v) is 4.81. The van der Waals surface area contributed by atoms with E-state index in [0.29, 0.717) is 28.1 Å². The van der Waals surface area contributed by atoms with E-state index in [1.807, 2.05) is 0 Å². The lowest BCUT2D eigenvalue weighted by Gasteiger charge is -2.12. The van der Waals surface area contributed by atoms with Crippen LogP contribution in [0.25, 0.3) is 11.0 Å². The zero-order valence-corrected chi connectivity index (χ0v) is 16.5. The standard InChI is InChI=1S/C23H18F3N3O2/c1-31-18-12-10-17(11-13-18)27-21(30)16-8-6-15(7-9-16)14-29-20-5-3-2-4-19(20)28-22(29)23(24,25)26/h2-13H,14H2,1H3,(H,27,30). The van der Waals surface area contributed by atoms with Crippen molar-refractivity contribution < 1.29 is 22.7 Å². The largest absolute Gasteiger partial charge is 0.497 e. The molecule has 0 radical (unpaired) electrons. The number of halogens is 3. The zero-order valence-electron chi connectivity index (χ0n) is 16.5. The lowest BCUT2D eigenvalue weighted by Crippen LogP contribution is -2.16. The first-order valence-corrected chi connectivity index (χ1v) is 9.42. The van der Waals surface area contributed by atoms with Crippen LogP contribution in [0.5, 0.6) is 5.75 Å². The molecule has 3 aromatic carbocycles. The van der Waals surface area contributed by atoms with Crippen molar-refractivity contribution in [3.63, 3.8) is 0 Å². The van der Waals surface area contributed by atoms with Crippen molar-refractivity contribution in [3.8, 4) is 5.75 Å². The van der Waals surface area contributed by atoms with Crippen LogP contribution in [0.15, 0.2) is 72.8 Å². The van der Waals surface area contributed by atoms with E-state index in [9.17, 15) is 18.0 Å². The average molecular weight is 425 g/mol. The number of rotatable bonds is 5. The predicted octanol–water partition coefficient (Wildman–Crippen LogP) is 5.36. The number of para-hydroxylation sites is 2. The van der Waals surface area contributed by atoms with E-state index in [1.54, 1.807) is 79.9 Å². The quantitative estimate of drug-likeness (QED) is 0.468. The number of nitrogens with one attached hydrogen (secondary N) is 1. The molecule has 0 aliphatic heterocycles. The summed E-state index contributed by atoms with van der Waals surface area (Å²) < 4.78 is 46.6. The van der Waals surface area contributed by atoms with Crippen LogP contribution < -0.4 is 10.1 Å². The van der Waals surface area contributed by atoms with Gasteiger partial charge in [0.15, 0.2) is 0 Å². The highest BCUT2D eigenvalue weighted by Gasteiger charge is 2.37. The maximum absolute atomic E-state index is 13.5. The number of nitrogens with zero attached hydrogens (tertiary/aromatic N) is 2. The molecule has 31 heavy (non-hydrogen) atoms. The first kappa shape index (κ1) is 20.5. The summed E-state index contributed by atoms with van der Waals surface area (Å²) in [7, 11) is 1.55. The van der Waals surface area contributed by atoms with Crippen LogP contribution in [0.2, 0.25) is 0 Å². The Morgan fingerprint density at radius 1 is 1.00 bits per heavy atom. The minimum Gasteiger partial charge on any atom is -0.497 e. The molecule has 0 saturated heterocycles. The van der Waals surface area contributed by atoms with Gasteiger partial charge in [0, 0.05) is 17.8 Å². The van der Waals surface area contributed by atoms with Crippen molar-refractivity contribution in [2.24, 2.45) is 0 Å². The monoisotopic (exact) mass is 425 g/mol. The highest BCUT2D eigenvalue weighted by atomic mass is 19.4. The summed E-state index contributed by atoms with van der Waals surface area (Å²) in [4.78, 5) is 16.2. The molecule has 1 aromatic heterocycles. The van der Waals surface area contributed by atoms with E-state index in [2.05, 4.69) is 10.3 Å². The molecule has 158 valence electrons. The third kappa shape index (κ3) is 4.37. The van der Waals surface area contributed by atoms with Gasteiger partial charge in [-0.15, -0.1) is 0 Å². The molecule has 0 atom stereocenters. The number of fused-ring (bicyclic) bond motifs is 1. The molecule has 4 rings (SSSR count). The number of carbonyl (C=O) groups excluding carboxylic acids is 1. The summed E-state index contributed by atoms with van der Waals surface area (Å²) in [5.41, 5.74) is 2.30. The van der Waals surface area contributed by atoms with Crippen LogP contribution in [0.3, 0.4) is 0 Å². The van der Waals surface area contributed by atoms with Gasteiger partial charge in [-0.05, 0) is 54.1 Å². The van der Waals surface area contributed by atoms with Crippen LogP contribution in [-0.2, 0) is 12.7 Å². The second-order valence-corrected chi connectivity index (χ2v) is 6.89. The molecule has 8 heteroatoms. The fraction of sp³-hybridized carbons (Fsp3) is 0.130. The second-order valence-electron chi connectivity index (χ2n) is 6.89. The lowest BCUT2D eigenvalue weighted by atomic mass is 10.1. The summed E-state index contributed by atoms with van der Waals surface area (Å²) in [6, 6.07) is 19.8. The summed E-state index contributed by atoms with van der Waals surface area (Å²) in [6.07, 6.45) is -4.57. The van der Waals surface area contributed by atoms with Gasteiger partial charge in [-0.2, -0.15) is 13.2 Å². The third-order valence-electron chi connectivity index (χ3n) is 4.81. The van der Waals surface area contributed by atoms with Crippen molar-refractivity contribution in [1.82, 2.24) is 9.55 Å². The van der Waals surface area contributed by atoms with Crippen molar-refractivity contribution in [2.75, 3.05) is 12.4 Å². The number of ether oxygens (including phenoxy) is 1. The fourth-order valence-electron chi connectivity index (χ4n) is 3.27. The molecule has 1 amide bonds. The number of carbonyl (C=O) groups is 1. The Bertz CT molecular complexity index is 1210. The van der Waals surface area contributed by atoms with Crippen LogP contribution in [0.1, 0.15) is 21.7 Å². The SMILES string of the molecule is COc1ccc(NC(=O)c2ccc(Cn3c(C(F)(F)F)nc4ccccc43)cc2)cc1. The Hall–Kier alpha value is -3.81. The fourth-order valence-corrected chi connectivity index (χ4v) is 3.27.